The molecule has 0 aliphatic heterocycles. The summed E-state index contributed by atoms with van der Waals surface area (Å²) in [6, 6.07) is 1.77. The average Bonchev–Trinajstić information content (AvgIpc) is 2.43. The molecule has 2 rings (SSSR count). The normalized spacial score (nSPS) is 10.9. The molecule has 2 aromatic heterocycles. The largest absolute Gasteiger partial charge is 0.493 e. The first-order valence-electron chi connectivity index (χ1n) is 4.20. The Morgan fingerprint density at radius 2 is 2.14 bits per heavy atom. The van der Waals surface area contributed by atoms with Crippen molar-refractivity contribution >= 4 is 17.2 Å². The molecule has 0 saturated heterocycles. The van der Waals surface area contributed by atoms with Gasteiger partial charge in [-0.25, -0.2) is 9.50 Å². The van der Waals surface area contributed by atoms with E-state index < -0.39 is 0 Å². The Morgan fingerprint density at radius 1 is 1.43 bits per heavy atom. The number of rotatable bonds is 1. The van der Waals surface area contributed by atoms with Crippen LogP contribution in [0.4, 0.5) is 0 Å². The fraction of sp³-hybridized carbons (Fsp3) is 0.333. The molecule has 0 amide bonds. The van der Waals surface area contributed by atoms with Gasteiger partial charge in [0.25, 0.3) is 0 Å². The third-order valence-electron chi connectivity index (χ3n) is 2.21. The van der Waals surface area contributed by atoms with E-state index in [4.69, 9.17) is 16.3 Å². The summed E-state index contributed by atoms with van der Waals surface area (Å²) in [5.74, 6) is 0.546. The van der Waals surface area contributed by atoms with Crippen LogP contribution in [0.25, 0.3) is 5.65 Å². The third kappa shape index (κ3) is 1.23. The van der Waals surface area contributed by atoms with Gasteiger partial charge < -0.3 is 4.74 Å². The summed E-state index contributed by atoms with van der Waals surface area (Å²) in [5, 5.41) is 4.51. The summed E-state index contributed by atoms with van der Waals surface area (Å²) < 4.78 is 6.76. The van der Waals surface area contributed by atoms with Crippen LogP contribution in [0.1, 0.15) is 11.4 Å². The van der Waals surface area contributed by atoms with Crippen molar-refractivity contribution in [3.05, 3.63) is 22.6 Å². The molecule has 74 valence electrons. The van der Waals surface area contributed by atoms with Crippen molar-refractivity contribution in [3.63, 3.8) is 0 Å². The standard InChI is InChI=1S/C9H10ClN3O/c1-5-6(2)13-8(11-5)4-7(14-3)9(10)12-13/h4H,1-3H3. The fourth-order valence-corrected chi connectivity index (χ4v) is 1.51. The van der Waals surface area contributed by atoms with Crippen LogP contribution in [0.5, 0.6) is 5.75 Å². The average molecular weight is 212 g/mol. The van der Waals surface area contributed by atoms with Crippen molar-refractivity contribution in [1.82, 2.24) is 14.6 Å². The van der Waals surface area contributed by atoms with Crippen LogP contribution >= 0.6 is 11.6 Å². The minimum absolute atomic E-state index is 0.348. The van der Waals surface area contributed by atoms with Gasteiger partial charge in [0.1, 0.15) is 0 Å². The summed E-state index contributed by atoms with van der Waals surface area (Å²) in [6.45, 7) is 3.88. The third-order valence-corrected chi connectivity index (χ3v) is 2.47. The Morgan fingerprint density at radius 3 is 2.79 bits per heavy atom. The SMILES string of the molecule is COc1cc2nc(C)c(C)n2nc1Cl. The number of nitrogens with zero attached hydrogens (tertiary/aromatic N) is 3. The molecule has 0 aromatic carbocycles. The van der Waals surface area contributed by atoms with E-state index in [-0.39, 0.29) is 0 Å². The Kier molecular flexibility index (Phi) is 2.07. The number of aryl methyl sites for hydroxylation is 2. The van der Waals surface area contributed by atoms with Gasteiger partial charge in [0.2, 0.25) is 0 Å². The number of fused-ring (bicyclic) bond motifs is 1. The van der Waals surface area contributed by atoms with Crippen LogP contribution in [0.3, 0.4) is 0 Å². The fourth-order valence-electron chi connectivity index (χ4n) is 1.30. The molecule has 0 aliphatic carbocycles. The lowest BCUT2D eigenvalue weighted by Crippen LogP contribution is -1.97. The van der Waals surface area contributed by atoms with Crippen molar-refractivity contribution in [2.75, 3.05) is 7.11 Å². The molecule has 0 unspecified atom stereocenters. The van der Waals surface area contributed by atoms with Crippen molar-refractivity contribution in [2.45, 2.75) is 13.8 Å². The van der Waals surface area contributed by atoms with E-state index in [0.717, 1.165) is 17.0 Å². The number of halogens is 1. The maximum absolute atomic E-state index is 5.90. The lowest BCUT2D eigenvalue weighted by molar-refractivity contribution is 0.412. The molecule has 14 heavy (non-hydrogen) atoms. The molecule has 2 aromatic rings. The molecule has 0 aliphatic rings. The molecule has 2 heterocycles. The molecule has 0 saturated carbocycles. The second-order valence-electron chi connectivity index (χ2n) is 3.06. The quantitative estimate of drug-likeness (QED) is 0.725. The smallest absolute Gasteiger partial charge is 0.192 e. The van der Waals surface area contributed by atoms with Crippen molar-refractivity contribution in [1.29, 1.82) is 0 Å². The van der Waals surface area contributed by atoms with Crippen molar-refractivity contribution in [3.8, 4) is 5.75 Å². The highest BCUT2D eigenvalue weighted by Crippen LogP contribution is 2.23. The van der Waals surface area contributed by atoms with Gasteiger partial charge in [-0.15, -0.1) is 0 Å². The van der Waals surface area contributed by atoms with Crippen LogP contribution in [-0.4, -0.2) is 21.7 Å². The van der Waals surface area contributed by atoms with Gasteiger partial charge in [0.15, 0.2) is 16.5 Å². The second-order valence-corrected chi connectivity index (χ2v) is 3.41. The number of methoxy groups -OCH3 is 1. The molecule has 4 nitrogen and oxygen atoms in total. The number of hydrogen-bond donors (Lipinski definition) is 0. The van der Waals surface area contributed by atoms with Crippen LogP contribution in [0, 0.1) is 13.8 Å². The van der Waals surface area contributed by atoms with E-state index in [1.165, 1.54) is 0 Å². The van der Waals surface area contributed by atoms with Crippen LogP contribution in [0.15, 0.2) is 6.07 Å². The summed E-state index contributed by atoms with van der Waals surface area (Å²) in [6.07, 6.45) is 0. The summed E-state index contributed by atoms with van der Waals surface area (Å²) >= 11 is 5.90. The van der Waals surface area contributed by atoms with Crippen LogP contribution in [-0.2, 0) is 0 Å². The minimum Gasteiger partial charge on any atom is -0.493 e. The van der Waals surface area contributed by atoms with Gasteiger partial charge in [0, 0.05) is 6.07 Å². The zero-order valence-corrected chi connectivity index (χ0v) is 8.96. The number of imidazole rings is 1. The minimum atomic E-state index is 0.348. The first-order chi connectivity index (χ1) is 6.63. The van der Waals surface area contributed by atoms with E-state index in [1.807, 2.05) is 13.8 Å². The highest BCUT2D eigenvalue weighted by molar-refractivity contribution is 6.30. The molecule has 0 bridgehead atoms. The molecule has 0 atom stereocenters. The Balaban J connectivity index is 2.79. The van der Waals surface area contributed by atoms with Gasteiger partial charge >= 0.3 is 0 Å². The summed E-state index contributed by atoms with van der Waals surface area (Å²) in [4.78, 5) is 4.32. The zero-order chi connectivity index (χ0) is 10.3. The summed E-state index contributed by atoms with van der Waals surface area (Å²) in [5.41, 5.74) is 2.69. The maximum atomic E-state index is 5.90. The highest BCUT2D eigenvalue weighted by atomic mass is 35.5. The van der Waals surface area contributed by atoms with E-state index in [0.29, 0.717) is 10.9 Å². The molecule has 5 heteroatoms. The van der Waals surface area contributed by atoms with E-state index in [2.05, 4.69) is 10.1 Å². The van der Waals surface area contributed by atoms with Crippen LogP contribution < -0.4 is 4.74 Å². The topological polar surface area (TPSA) is 39.4 Å². The first kappa shape index (κ1) is 9.27. The van der Waals surface area contributed by atoms with Gasteiger partial charge in [-0.05, 0) is 13.8 Å². The number of ether oxygens (including phenoxy) is 1. The van der Waals surface area contributed by atoms with Gasteiger partial charge in [0.05, 0.1) is 18.5 Å². The molecular weight excluding hydrogens is 202 g/mol. The zero-order valence-electron chi connectivity index (χ0n) is 8.21. The first-order valence-corrected chi connectivity index (χ1v) is 4.57. The molecule has 0 radical (unpaired) electrons. The Hall–Kier alpha value is -1.29. The highest BCUT2D eigenvalue weighted by Gasteiger charge is 2.09. The number of hydrogen-bond acceptors (Lipinski definition) is 3. The molecule has 0 N–H and O–H groups in total. The lowest BCUT2D eigenvalue weighted by atomic mass is 10.4. The molecule has 0 spiro atoms. The molecule has 0 fully saturated rings. The van der Waals surface area contributed by atoms with Gasteiger partial charge in [-0.2, -0.15) is 5.10 Å². The molecular formula is C9H10ClN3O. The van der Waals surface area contributed by atoms with Crippen LogP contribution in [0.2, 0.25) is 5.15 Å². The van der Waals surface area contributed by atoms with Crippen molar-refractivity contribution in [2.24, 2.45) is 0 Å². The lowest BCUT2D eigenvalue weighted by Gasteiger charge is -2.02. The maximum Gasteiger partial charge on any atom is 0.192 e. The summed E-state index contributed by atoms with van der Waals surface area (Å²) in [7, 11) is 1.56. The van der Waals surface area contributed by atoms with Gasteiger partial charge in [-0.3, -0.25) is 0 Å². The predicted octanol–water partition coefficient (Wildman–Crippen LogP) is 2.01. The van der Waals surface area contributed by atoms with Gasteiger partial charge in [-0.1, -0.05) is 11.6 Å². The Bertz CT molecular complexity index is 492. The van der Waals surface area contributed by atoms with E-state index in [9.17, 15) is 0 Å². The van der Waals surface area contributed by atoms with Crippen molar-refractivity contribution < 1.29 is 4.74 Å². The Labute approximate surface area is 86.5 Å². The second kappa shape index (κ2) is 3.13. The van der Waals surface area contributed by atoms with E-state index >= 15 is 0 Å². The van der Waals surface area contributed by atoms with E-state index in [1.54, 1.807) is 17.7 Å². The predicted molar refractivity (Wildman–Crippen MR) is 54.0 cm³/mol. The number of aromatic nitrogens is 3. The monoisotopic (exact) mass is 211 g/mol.